The third kappa shape index (κ3) is 3.34. The van der Waals surface area contributed by atoms with Crippen molar-refractivity contribution in [1.29, 1.82) is 0 Å². The highest BCUT2D eigenvalue weighted by molar-refractivity contribution is 6.30. The van der Waals surface area contributed by atoms with Crippen LogP contribution in [0, 0.1) is 5.82 Å². The van der Waals surface area contributed by atoms with Crippen molar-refractivity contribution in [2.75, 3.05) is 26.8 Å². The molecule has 5 heteroatoms. The van der Waals surface area contributed by atoms with E-state index < -0.39 is 5.82 Å². The van der Waals surface area contributed by atoms with Crippen LogP contribution in [0.4, 0.5) is 4.39 Å². The molecular formula is C13H17ClFNO2. The van der Waals surface area contributed by atoms with Gasteiger partial charge in [0.1, 0.15) is 5.60 Å². The molecule has 1 saturated carbocycles. The lowest BCUT2D eigenvalue weighted by Crippen LogP contribution is -2.35. The van der Waals surface area contributed by atoms with Gasteiger partial charge in [0.05, 0.1) is 11.6 Å². The van der Waals surface area contributed by atoms with Crippen LogP contribution in [0.5, 0.6) is 5.75 Å². The zero-order valence-corrected chi connectivity index (χ0v) is 11.1. The van der Waals surface area contributed by atoms with Gasteiger partial charge in [-0.15, -0.1) is 0 Å². The van der Waals surface area contributed by atoms with Crippen LogP contribution in [0.15, 0.2) is 18.2 Å². The van der Waals surface area contributed by atoms with Crippen molar-refractivity contribution in [3.8, 4) is 5.75 Å². The van der Waals surface area contributed by atoms with Crippen LogP contribution < -0.4 is 10.1 Å². The minimum atomic E-state index is -0.484. The van der Waals surface area contributed by atoms with Gasteiger partial charge in [0.15, 0.2) is 11.6 Å². The summed E-state index contributed by atoms with van der Waals surface area (Å²) in [6.45, 7) is 2.11. The van der Waals surface area contributed by atoms with E-state index in [9.17, 15) is 4.39 Å². The third-order valence-corrected chi connectivity index (χ3v) is 3.27. The fourth-order valence-corrected chi connectivity index (χ4v) is 1.91. The van der Waals surface area contributed by atoms with E-state index in [0.29, 0.717) is 13.2 Å². The van der Waals surface area contributed by atoms with Crippen LogP contribution in [0.3, 0.4) is 0 Å². The largest absolute Gasteiger partial charge is 0.483 e. The number of ether oxygens (including phenoxy) is 2. The molecule has 18 heavy (non-hydrogen) atoms. The van der Waals surface area contributed by atoms with Crippen LogP contribution >= 0.6 is 11.6 Å². The molecule has 100 valence electrons. The van der Waals surface area contributed by atoms with E-state index in [1.165, 1.54) is 6.07 Å². The molecule has 0 aliphatic heterocycles. The summed E-state index contributed by atoms with van der Waals surface area (Å²) in [5.74, 6) is -0.254. The molecule has 0 saturated heterocycles. The van der Waals surface area contributed by atoms with Crippen molar-refractivity contribution in [2.24, 2.45) is 0 Å². The minimum absolute atomic E-state index is 0.0932. The molecule has 0 amide bonds. The van der Waals surface area contributed by atoms with Crippen molar-refractivity contribution >= 4 is 11.6 Å². The van der Waals surface area contributed by atoms with Gasteiger partial charge in [0.25, 0.3) is 0 Å². The van der Waals surface area contributed by atoms with Gasteiger partial charge in [0.2, 0.25) is 0 Å². The van der Waals surface area contributed by atoms with E-state index in [0.717, 1.165) is 19.4 Å². The molecule has 2 rings (SSSR count). The first-order valence-corrected chi connectivity index (χ1v) is 6.37. The average Bonchev–Trinajstić information content (AvgIpc) is 3.11. The van der Waals surface area contributed by atoms with Gasteiger partial charge in [-0.2, -0.15) is 0 Å². The molecule has 0 aromatic heterocycles. The van der Waals surface area contributed by atoms with Crippen molar-refractivity contribution in [3.05, 3.63) is 29.0 Å². The summed E-state index contributed by atoms with van der Waals surface area (Å²) in [7, 11) is 1.66. The Morgan fingerprint density at radius 3 is 2.89 bits per heavy atom. The highest BCUT2D eigenvalue weighted by Gasteiger charge is 2.45. The Morgan fingerprint density at radius 2 is 2.22 bits per heavy atom. The quantitative estimate of drug-likeness (QED) is 0.775. The van der Waals surface area contributed by atoms with Crippen LogP contribution in [-0.2, 0) is 4.74 Å². The first-order chi connectivity index (χ1) is 8.67. The van der Waals surface area contributed by atoms with Gasteiger partial charge in [-0.25, -0.2) is 4.39 Å². The Hall–Kier alpha value is -0.840. The summed E-state index contributed by atoms with van der Waals surface area (Å²) in [5, 5.41) is 3.33. The minimum Gasteiger partial charge on any atom is -0.483 e. The number of methoxy groups -OCH3 is 1. The molecule has 0 radical (unpaired) electrons. The molecule has 0 atom stereocenters. The first kappa shape index (κ1) is 13.6. The Morgan fingerprint density at radius 1 is 1.44 bits per heavy atom. The molecule has 1 N–H and O–H groups in total. The van der Waals surface area contributed by atoms with Gasteiger partial charge in [-0.05, 0) is 25.0 Å². The smallest absolute Gasteiger partial charge is 0.183 e. The van der Waals surface area contributed by atoms with Crippen molar-refractivity contribution in [2.45, 2.75) is 18.4 Å². The summed E-state index contributed by atoms with van der Waals surface area (Å²) in [4.78, 5) is 0. The van der Waals surface area contributed by atoms with Gasteiger partial charge in [0, 0.05) is 20.2 Å². The predicted molar refractivity (Wildman–Crippen MR) is 68.7 cm³/mol. The molecule has 0 bridgehead atoms. The molecule has 0 spiro atoms. The van der Waals surface area contributed by atoms with Gasteiger partial charge >= 0.3 is 0 Å². The molecular weight excluding hydrogens is 257 g/mol. The molecule has 1 aliphatic rings. The Kier molecular flexibility index (Phi) is 4.43. The average molecular weight is 274 g/mol. The van der Waals surface area contributed by atoms with E-state index in [1.807, 2.05) is 0 Å². The van der Waals surface area contributed by atoms with Crippen molar-refractivity contribution < 1.29 is 13.9 Å². The normalized spacial score (nSPS) is 16.6. The third-order valence-electron chi connectivity index (χ3n) is 2.98. The van der Waals surface area contributed by atoms with Crippen LogP contribution in [0.1, 0.15) is 12.8 Å². The number of halogens is 2. The molecule has 3 nitrogen and oxygen atoms in total. The van der Waals surface area contributed by atoms with E-state index in [-0.39, 0.29) is 16.4 Å². The SMILES string of the molecule is COCCNCC1(Oc2cccc(Cl)c2F)CC1. The summed E-state index contributed by atoms with van der Waals surface area (Å²) < 4.78 is 24.4. The second-order valence-electron chi connectivity index (χ2n) is 4.51. The summed E-state index contributed by atoms with van der Waals surface area (Å²) in [6.07, 6.45) is 1.86. The second-order valence-corrected chi connectivity index (χ2v) is 4.91. The van der Waals surface area contributed by atoms with Crippen molar-refractivity contribution in [1.82, 2.24) is 5.32 Å². The van der Waals surface area contributed by atoms with E-state index in [1.54, 1.807) is 19.2 Å². The van der Waals surface area contributed by atoms with E-state index in [2.05, 4.69) is 5.32 Å². The highest BCUT2D eigenvalue weighted by atomic mass is 35.5. The molecule has 1 fully saturated rings. The monoisotopic (exact) mass is 273 g/mol. The van der Waals surface area contributed by atoms with Crippen LogP contribution in [0.2, 0.25) is 5.02 Å². The summed E-state index contributed by atoms with van der Waals surface area (Å²) in [6, 6.07) is 4.81. The molecule has 0 unspecified atom stereocenters. The van der Waals surface area contributed by atoms with Gasteiger partial charge in [-0.1, -0.05) is 17.7 Å². The first-order valence-electron chi connectivity index (χ1n) is 5.99. The number of benzene rings is 1. The highest BCUT2D eigenvalue weighted by Crippen LogP contribution is 2.41. The Balaban J connectivity index is 1.90. The van der Waals surface area contributed by atoms with E-state index >= 15 is 0 Å². The van der Waals surface area contributed by atoms with Gasteiger partial charge in [-0.3, -0.25) is 0 Å². The lowest BCUT2D eigenvalue weighted by molar-refractivity contribution is 0.156. The standard InChI is InChI=1S/C13H17ClFNO2/c1-17-8-7-16-9-13(5-6-13)18-11-4-2-3-10(14)12(11)15/h2-4,16H,5-9H2,1H3. The number of nitrogens with one attached hydrogen (secondary N) is 1. The molecule has 0 heterocycles. The zero-order chi connectivity index (χ0) is 13.0. The lowest BCUT2D eigenvalue weighted by atomic mass is 10.3. The number of hydrogen-bond donors (Lipinski definition) is 1. The summed E-state index contributed by atoms with van der Waals surface area (Å²) >= 11 is 5.72. The number of hydrogen-bond acceptors (Lipinski definition) is 3. The maximum atomic E-state index is 13.7. The van der Waals surface area contributed by atoms with Gasteiger partial charge < -0.3 is 14.8 Å². The van der Waals surface area contributed by atoms with Crippen LogP contribution in [0.25, 0.3) is 0 Å². The maximum Gasteiger partial charge on any atom is 0.183 e. The summed E-state index contributed by atoms with van der Waals surface area (Å²) in [5.41, 5.74) is -0.279. The molecule has 1 aromatic carbocycles. The Labute approximate surface area is 111 Å². The predicted octanol–water partition coefficient (Wildman–Crippen LogP) is 2.63. The fraction of sp³-hybridized carbons (Fsp3) is 0.538. The van der Waals surface area contributed by atoms with E-state index in [4.69, 9.17) is 21.1 Å². The number of rotatable bonds is 7. The zero-order valence-electron chi connectivity index (χ0n) is 10.3. The molecule has 1 aromatic rings. The van der Waals surface area contributed by atoms with Crippen LogP contribution in [-0.4, -0.2) is 32.4 Å². The fourth-order valence-electron chi connectivity index (χ4n) is 1.74. The van der Waals surface area contributed by atoms with Crippen molar-refractivity contribution in [3.63, 3.8) is 0 Å². The maximum absolute atomic E-state index is 13.7. The Bertz CT molecular complexity index is 410. The lowest BCUT2D eigenvalue weighted by Gasteiger charge is -2.19. The molecule has 1 aliphatic carbocycles. The second kappa shape index (κ2) is 5.87. The topological polar surface area (TPSA) is 30.5 Å².